The molecule has 0 spiro atoms. The van der Waals surface area contributed by atoms with Crippen molar-refractivity contribution in [2.75, 3.05) is 32.8 Å². The van der Waals surface area contributed by atoms with Crippen LogP contribution in [-0.2, 0) is 16.0 Å². The van der Waals surface area contributed by atoms with Crippen molar-refractivity contribution in [2.45, 2.75) is 38.6 Å². The number of rotatable bonds is 10. The highest BCUT2D eigenvalue weighted by Gasteiger charge is 2.44. The Balaban J connectivity index is 1.64. The van der Waals surface area contributed by atoms with Crippen LogP contribution in [-0.4, -0.2) is 56.5 Å². The molecule has 0 aliphatic carbocycles. The molecule has 1 saturated heterocycles. The maximum atomic E-state index is 13.8. The van der Waals surface area contributed by atoms with Crippen molar-refractivity contribution in [1.29, 1.82) is 0 Å². The number of carbonyl (C=O) groups excluding carboxylic acids is 3. The monoisotopic (exact) mass is 530 g/mol. The molecule has 1 heterocycles. The van der Waals surface area contributed by atoms with E-state index in [2.05, 4.69) is 13.8 Å². The summed E-state index contributed by atoms with van der Waals surface area (Å²) in [5.41, 5.74) is 2.89. The smallest absolute Gasteiger partial charge is 0.257 e. The van der Waals surface area contributed by atoms with E-state index >= 15 is 0 Å². The van der Waals surface area contributed by atoms with Gasteiger partial charge >= 0.3 is 0 Å². The Labute approximate surface area is 229 Å². The first-order chi connectivity index (χ1) is 18.8. The molecule has 1 fully saturated rings. The highest BCUT2D eigenvalue weighted by atomic mass is 16.5. The Hall–Kier alpha value is -4.33. The normalized spacial score (nSPS) is 15.0. The minimum absolute atomic E-state index is 0.0909. The van der Waals surface area contributed by atoms with Crippen molar-refractivity contribution in [3.8, 4) is 17.2 Å². The van der Waals surface area contributed by atoms with E-state index in [9.17, 15) is 14.4 Å². The number of imide groups is 1. The summed E-state index contributed by atoms with van der Waals surface area (Å²) in [6, 6.07) is 18.8. The molecule has 0 radical (unpaired) electrons. The summed E-state index contributed by atoms with van der Waals surface area (Å²) in [7, 11) is 4.66. The molecule has 0 saturated carbocycles. The van der Waals surface area contributed by atoms with Gasteiger partial charge in [-0.25, -0.2) is 4.90 Å². The highest BCUT2D eigenvalue weighted by Crippen LogP contribution is 2.30. The second-order valence-electron chi connectivity index (χ2n) is 9.70. The van der Waals surface area contributed by atoms with Crippen LogP contribution in [0, 0.1) is 0 Å². The summed E-state index contributed by atoms with van der Waals surface area (Å²) in [4.78, 5) is 43.3. The van der Waals surface area contributed by atoms with Crippen molar-refractivity contribution in [1.82, 2.24) is 4.90 Å². The number of anilines is 1. The molecular formula is C31H34N2O6. The lowest BCUT2D eigenvalue weighted by Gasteiger charge is -2.28. The lowest BCUT2D eigenvalue weighted by atomic mass is 10.0. The average molecular weight is 531 g/mol. The number of nitrogens with zero attached hydrogens (tertiary/aromatic N) is 2. The fourth-order valence-electron chi connectivity index (χ4n) is 4.75. The molecule has 4 rings (SSSR count). The molecule has 3 aromatic rings. The minimum Gasteiger partial charge on any atom is -0.497 e. The van der Waals surface area contributed by atoms with Gasteiger partial charge in [-0.05, 0) is 65.9 Å². The highest BCUT2D eigenvalue weighted by molar-refractivity contribution is 6.23. The van der Waals surface area contributed by atoms with Gasteiger partial charge in [-0.3, -0.25) is 14.4 Å². The third-order valence-electron chi connectivity index (χ3n) is 6.98. The van der Waals surface area contributed by atoms with Gasteiger partial charge in [0, 0.05) is 12.1 Å². The van der Waals surface area contributed by atoms with E-state index in [0.717, 1.165) is 11.1 Å². The lowest BCUT2D eigenvalue weighted by molar-refractivity contribution is -0.122. The van der Waals surface area contributed by atoms with Crippen molar-refractivity contribution in [3.05, 3.63) is 83.4 Å². The molecule has 0 N–H and O–H groups in total. The lowest BCUT2D eigenvalue weighted by Crippen LogP contribution is -2.46. The summed E-state index contributed by atoms with van der Waals surface area (Å²) in [5, 5.41) is 0. The Morgan fingerprint density at radius 1 is 0.923 bits per heavy atom. The number of ether oxygens (including phenoxy) is 3. The average Bonchev–Trinajstić information content (AvgIpc) is 3.25. The van der Waals surface area contributed by atoms with Gasteiger partial charge < -0.3 is 19.1 Å². The van der Waals surface area contributed by atoms with Gasteiger partial charge in [0.25, 0.3) is 11.8 Å². The number of carbonyl (C=O) groups is 3. The summed E-state index contributed by atoms with van der Waals surface area (Å²) < 4.78 is 16.0. The van der Waals surface area contributed by atoms with Gasteiger partial charge in [0.05, 0.1) is 33.4 Å². The maximum absolute atomic E-state index is 13.8. The van der Waals surface area contributed by atoms with E-state index in [0.29, 0.717) is 40.8 Å². The molecule has 8 heteroatoms. The second kappa shape index (κ2) is 12.0. The van der Waals surface area contributed by atoms with Crippen LogP contribution >= 0.6 is 0 Å². The van der Waals surface area contributed by atoms with Crippen molar-refractivity contribution >= 4 is 23.4 Å². The van der Waals surface area contributed by atoms with Crippen LogP contribution in [0.3, 0.4) is 0 Å². The van der Waals surface area contributed by atoms with Crippen LogP contribution in [0.15, 0.2) is 66.7 Å². The van der Waals surface area contributed by atoms with E-state index in [-0.39, 0.29) is 24.8 Å². The first-order valence-electron chi connectivity index (χ1n) is 12.9. The number of amides is 3. The van der Waals surface area contributed by atoms with E-state index in [4.69, 9.17) is 14.2 Å². The SMILES string of the molecule is COc1cccc(C(=O)N(CCc2ccc(OC)c(OC)c2)C2CC(=O)N(c3ccc(C(C)C)cc3)C2=O)c1. The number of methoxy groups -OCH3 is 3. The maximum Gasteiger partial charge on any atom is 0.257 e. The summed E-state index contributed by atoms with van der Waals surface area (Å²) in [6.07, 6.45) is 0.351. The Morgan fingerprint density at radius 2 is 1.64 bits per heavy atom. The number of hydrogen-bond acceptors (Lipinski definition) is 6. The zero-order valence-corrected chi connectivity index (χ0v) is 23.0. The van der Waals surface area contributed by atoms with Gasteiger partial charge in [0.1, 0.15) is 11.8 Å². The van der Waals surface area contributed by atoms with Crippen molar-refractivity contribution in [2.24, 2.45) is 0 Å². The molecule has 8 nitrogen and oxygen atoms in total. The fourth-order valence-corrected chi connectivity index (χ4v) is 4.75. The first-order valence-corrected chi connectivity index (χ1v) is 12.9. The third-order valence-corrected chi connectivity index (χ3v) is 6.98. The van der Waals surface area contributed by atoms with Gasteiger partial charge in [-0.2, -0.15) is 0 Å². The molecule has 39 heavy (non-hydrogen) atoms. The quantitative estimate of drug-likeness (QED) is 0.348. The molecule has 3 amide bonds. The zero-order chi connectivity index (χ0) is 28.1. The van der Waals surface area contributed by atoms with Crippen molar-refractivity contribution in [3.63, 3.8) is 0 Å². The van der Waals surface area contributed by atoms with Crippen LogP contribution in [0.4, 0.5) is 5.69 Å². The van der Waals surface area contributed by atoms with Crippen molar-refractivity contribution < 1.29 is 28.6 Å². The largest absolute Gasteiger partial charge is 0.497 e. The molecule has 3 aromatic carbocycles. The van der Waals surface area contributed by atoms with Crippen LogP contribution in [0.25, 0.3) is 0 Å². The summed E-state index contributed by atoms with van der Waals surface area (Å²) >= 11 is 0. The van der Waals surface area contributed by atoms with Crippen LogP contribution < -0.4 is 19.1 Å². The predicted molar refractivity (Wildman–Crippen MR) is 149 cm³/mol. The van der Waals surface area contributed by atoms with Crippen LogP contribution in [0.1, 0.15) is 47.7 Å². The van der Waals surface area contributed by atoms with E-state index in [1.54, 1.807) is 56.7 Å². The van der Waals surface area contributed by atoms with Gasteiger partial charge in [0.15, 0.2) is 11.5 Å². The Kier molecular flexibility index (Phi) is 8.54. The summed E-state index contributed by atoms with van der Waals surface area (Å²) in [5.74, 6) is 0.922. The fraction of sp³-hybridized carbons (Fsp3) is 0.323. The number of hydrogen-bond donors (Lipinski definition) is 0. The Bertz CT molecular complexity index is 1350. The minimum atomic E-state index is -0.930. The van der Waals surface area contributed by atoms with Crippen LogP contribution in [0.5, 0.6) is 17.2 Å². The molecule has 1 aliphatic rings. The van der Waals surface area contributed by atoms with E-state index < -0.39 is 11.9 Å². The Morgan fingerprint density at radius 3 is 2.28 bits per heavy atom. The molecular weight excluding hydrogens is 496 g/mol. The molecule has 1 unspecified atom stereocenters. The standard InChI is InChI=1S/C31H34N2O6/c1-20(2)22-10-12-24(13-11-22)33-29(34)19-26(31(33)36)32(30(35)23-7-6-8-25(18-23)37-3)16-15-21-9-14-27(38-4)28(17-21)39-5/h6-14,17-18,20,26H,15-16,19H2,1-5H3. The molecule has 0 aromatic heterocycles. The zero-order valence-electron chi connectivity index (χ0n) is 23.0. The third kappa shape index (κ3) is 5.90. The molecule has 1 atom stereocenters. The van der Waals surface area contributed by atoms with Gasteiger partial charge in [-0.1, -0.05) is 38.1 Å². The second-order valence-corrected chi connectivity index (χ2v) is 9.70. The van der Waals surface area contributed by atoms with Gasteiger partial charge in [0.2, 0.25) is 5.91 Å². The molecule has 0 bridgehead atoms. The van der Waals surface area contributed by atoms with Crippen LogP contribution in [0.2, 0.25) is 0 Å². The van der Waals surface area contributed by atoms with E-state index in [1.807, 2.05) is 24.3 Å². The summed E-state index contributed by atoms with van der Waals surface area (Å²) in [6.45, 7) is 4.38. The molecule has 204 valence electrons. The van der Waals surface area contributed by atoms with E-state index in [1.165, 1.54) is 16.9 Å². The molecule has 1 aliphatic heterocycles. The first kappa shape index (κ1) is 27.7. The predicted octanol–water partition coefficient (Wildman–Crippen LogP) is 4.85. The topological polar surface area (TPSA) is 85.4 Å². The van der Waals surface area contributed by atoms with Gasteiger partial charge in [-0.15, -0.1) is 0 Å². The number of benzene rings is 3.